The van der Waals surface area contributed by atoms with Crippen LogP contribution in [0.25, 0.3) is 11.6 Å². The van der Waals surface area contributed by atoms with Crippen LogP contribution in [0.5, 0.6) is 0 Å². The van der Waals surface area contributed by atoms with Crippen molar-refractivity contribution >= 4 is 17.7 Å². The summed E-state index contributed by atoms with van der Waals surface area (Å²) in [5, 5.41) is 0.676. The van der Waals surface area contributed by atoms with Crippen LogP contribution in [0.4, 0.5) is 0 Å². The lowest BCUT2D eigenvalue weighted by atomic mass is 10.2. The van der Waals surface area contributed by atoms with Gasteiger partial charge in [-0.15, -0.1) is 11.8 Å². The molecule has 0 spiro atoms. The Hall–Kier alpha value is -1.86. The van der Waals surface area contributed by atoms with E-state index in [1.165, 1.54) is 11.8 Å². The molecule has 116 valence electrons. The molecule has 3 heterocycles. The number of carbonyl (C=O) groups is 1. The van der Waals surface area contributed by atoms with Crippen LogP contribution in [-0.2, 0) is 4.74 Å². The second-order valence-corrected chi connectivity index (χ2v) is 5.69. The van der Waals surface area contributed by atoms with Gasteiger partial charge < -0.3 is 14.1 Å². The van der Waals surface area contributed by atoms with Gasteiger partial charge >= 0.3 is 0 Å². The minimum absolute atomic E-state index is 0.0313. The van der Waals surface area contributed by atoms with Gasteiger partial charge in [-0.05, 0) is 25.3 Å². The third-order valence-electron chi connectivity index (χ3n) is 3.50. The SMILES string of the molecule is CSc1nc(-c2ccco2)nc(C)c1C(=O)N1CCOCC1. The topological polar surface area (TPSA) is 68.5 Å². The Bertz CT molecular complexity index is 667. The van der Waals surface area contributed by atoms with E-state index in [2.05, 4.69) is 9.97 Å². The zero-order valence-electron chi connectivity index (χ0n) is 12.5. The summed E-state index contributed by atoms with van der Waals surface area (Å²) in [7, 11) is 0. The van der Waals surface area contributed by atoms with Gasteiger partial charge in [0, 0.05) is 13.1 Å². The van der Waals surface area contributed by atoms with Gasteiger partial charge in [0.05, 0.1) is 30.7 Å². The van der Waals surface area contributed by atoms with Crippen molar-refractivity contribution in [3.8, 4) is 11.6 Å². The molecule has 7 heteroatoms. The van der Waals surface area contributed by atoms with Gasteiger partial charge in [-0.2, -0.15) is 0 Å². The van der Waals surface area contributed by atoms with E-state index in [1.54, 1.807) is 17.2 Å². The first-order valence-corrected chi connectivity index (χ1v) is 8.26. The number of rotatable bonds is 3. The summed E-state index contributed by atoms with van der Waals surface area (Å²) in [6.45, 7) is 4.19. The molecule has 0 aliphatic carbocycles. The largest absolute Gasteiger partial charge is 0.461 e. The molecule has 3 rings (SSSR count). The highest BCUT2D eigenvalue weighted by atomic mass is 32.2. The molecule has 1 aliphatic rings. The standard InChI is InChI=1S/C15H17N3O3S/c1-10-12(15(19)18-5-8-20-9-6-18)14(22-2)17-13(16-10)11-4-3-7-21-11/h3-4,7H,5-6,8-9H2,1-2H3. The summed E-state index contributed by atoms with van der Waals surface area (Å²) in [5.41, 5.74) is 1.24. The van der Waals surface area contributed by atoms with Gasteiger partial charge in [0.1, 0.15) is 5.03 Å². The lowest BCUT2D eigenvalue weighted by Crippen LogP contribution is -2.41. The molecule has 1 saturated heterocycles. The summed E-state index contributed by atoms with van der Waals surface area (Å²) in [5.74, 6) is 1.07. The third-order valence-corrected chi connectivity index (χ3v) is 4.19. The zero-order chi connectivity index (χ0) is 15.5. The molecule has 1 amide bonds. The Morgan fingerprint density at radius 1 is 1.32 bits per heavy atom. The number of aryl methyl sites for hydroxylation is 1. The van der Waals surface area contributed by atoms with E-state index in [0.717, 1.165) is 0 Å². The monoisotopic (exact) mass is 319 g/mol. The van der Waals surface area contributed by atoms with Crippen LogP contribution in [0.1, 0.15) is 16.1 Å². The number of thioether (sulfide) groups is 1. The molecule has 0 saturated carbocycles. The van der Waals surface area contributed by atoms with Crippen molar-refractivity contribution in [3.05, 3.63) is 29.7 Å². The number of hydrogen-bond donors (Lipinski definition) is 0. The Balaban J connectivity index is 1.98. The molecule has 6 nitrogen and oxygen atoms in total. The number of amides is 1. The first-order chi connectivity index (χ1) is 10.7. The Morgan fingerprint density at radius 2 is 2.09 bits per heavy atom. The molecule has 0 N–H and O–H groups in total. The molecule has 2 aromatic heterocycles. The fourth-order valence-electron chi connectivity index (χ4n) is 2.38. The minimum Gasteiger partial charge on any atom is -0.461 e. The van der Waals surface area contributed by atoms with Crippen LogP contribution in [0.3, 0.4) is 0 Å². The molecule has 0 radical (unpaired) electrons. The maximum Gasteiger partial charge on any atom is 0.258 e. The van der Waals surface area contributed by atoms with Crippen molar-refractivity contribution in [3.63, 3.8) is 0 Å². The van der Waals surface area contributed by atoms with Crippen molar-refractivity contribution in [1.29, 1.82) is 0 Å². The molecule has 0 atom stereocenters. The van der Waals surface area contributed by atoms with E-state index < -0.39 is 0 Å². The number of aromatic nitrogens is 2. The second-order valence-electron chi connectivity index (χ2n) is 4.90. The maximum absolute atomic E-state index is 12.8. The van der Waals surface area contributed by atoms with Crippen molar-refractivity contribution in [2.75, 3.05) is 32.6 Å². The molecule has 1 aliphatic heterocycles. The zero-order valence-corrected chi connectivity index (χ0v) is 13.4. The summed E-state index contributed by atoms with van der Waals surface area (Å²) >= 11 is 1.44. The van der Waals surface area contributed by atoms with Crippen molar-refractivity contribution in [1.82, 2.24) is 14.9 Å². The number of morpholine rings is 1. The van der Waals surface area contributed by atoms with E-state index in [9.17, 15) is 4.79 Å². The quantitative estimate of drug-likeness (QED) is 0.638. The summed E-state index contributed by atoms with van der Waals surface area (Å²) in [6.07, 6.45) is 3.49. The molecule has 0 aromatic carbocycles. The van der Waals surface area contributed by atoms with Crippen LogP contribution in [0.2, 0.25) is 0 Å². The molecule has 2 aromatic rings. The lowest BCUT2D eigenvalue weighted by Gasteiger charge is -2.27. The molecule has 0 bridgehead atoms. The second kappa shape index (κ2) is 6.50. The Labute approximate surface area is 132 Å². The molecular weight excluding hydrogens is 302 g/mol. The predicted molar refractivity (Wildman–Crippen MR) is 83.0 cm³/mol. The summed E-state index contributed by atoms with van der Waals surface area (Å²) in [4.78, 5) is 23.5. The van der Waals surface area contributed by atoms with Crippen molar-refractivity contribution in [2.24, 2.45) is 0 Å². The lowest BCUT2D eigenvalue weighted by molar-refractivity contribution is 0.0299. The predicted octanol–water partition coefficient (Wildman–Crippen LogP) is 2.24. The molecular formula is C15H17N3O3S. The first kappa shape index (κ1) is 15.1. The van der Waals surface area contributed by atoms with Crippen LogP contribution < -0.4 is 0 Å². The molecule has 1 fully saturated rings. The number of furan rings is 1. The average Bonchev–Trinajstić information content (AvgIpc) is 3.08. The van der Waals surface area contributed by atoms with Gasteiger partial charge in [0.25, 0.3) is 5.91 Å². The average molecular weight is 319 g/mol. The van der Waals surface area contributed by atoms with Crippen LogP contribution >= 0.6 is 11.8 Å². The van der Waals surface area contributed by atoms with Crippen LogP contribution in [0.15, 0.2) is 27.8 Å². The number of carbonyl (C=O) groups excluding carboxylic acids is 1. The minimum atomic E-state index is -0.0313. The number of ether oxygens (including phenoxy) is 1. The highest BCUT2D eigenvalue weighted by Gasteiger charge is 2.25. The van der Waals surface area contributed by atoms with E-state index in [1.807, 2.05) is 19.2 Å². The Morgan fingerprint density at radius 3 is 2.73 bits per heavy atom. The number of hydrogen-bond acceptors (Lipinski definition) is 6. The van der Waals surface area contributed by atoms with Gasteiger partial charge in [-0.3, -0.25) is 4.79 Å². The highest BCUT2D eigenvalue weighted by molar-refractivity contribution is 7.98. The number of nitrogens with zero attached hydrogens (tertiary/aromatic N) is 3. The van der Waals surface area contributed by atoms with Gasteiger partial charge in [-0.25, -0.2) is 9.97 Å². The molecule has 22 heavy (non-hydrogen) atoms. The fraction of sp³-hybridized carbons (Fsp3) is 0.400. The van der Waals surface area contributed by atoms with Crippen LogP contribution in [0, 0.1) is 6.92 Å². The smallest absolute Gasteiger partial charge is 0.258 e. The summed E-state index contributed by atoms with van der Waals surface area (Å²) < 4.78 is 10.6. The third kappa shape index (κ3) is 2.86. The van der Waals surface area contributed by atoms with Gasteiger partial charge in [-0.1, -0.05) is 0 Å². The van der Waals surface area contributed by atoms with E-state index in [4.69, 9.17) is 9.15 Å². The van der Waals surface area contributed by atoms with Crippen molar-refractivity contribution in [2.45, 2.75) is 11.9 Å². The first-order valence-electron chi connectivity index (χ1n) is 7.04. The maximum atomic E-state index is 12.8. The molecule has 0 unspecified atom stereocenters. The van der Waals surface area contributed by atoms with E-state index in [0.29, 0.717) is 54.2 Å². The fourth-order valence-corrected chi connectivity index (χ4v) is 3.00. The van der Waals surface area contributed by atoms with Gasteiger partial charge in [0.2, 0.25) is 0 Å². The van der Waals surface area contributed by atoms with Crippen molar-refractivity contribution < 1.29 is 13.9 Å². The van der Waals surface area contributed by atoms with E-state index >= 15 is 0 Å². The van der Waals surface area contributed by atoms with Gasteiger partial charge in [0.15, 0.2) is 11.6 Å². The highest BCUT2D eigenvalue weighted by Crippen LogP contribution is 2.26. The Kier molecular flexibility index (Phi) is 4.44. The summed E-state index contributed by atoms with van der Waals surface area (Å²) in [6, 6.07) is 3.60. The van der Waals surface area contributed by atoms with E-state index in [-0.39, 0.29) is 5.91 Å². The normalized spacial score (nSPS) is 15.1. The van der Waals surface area contributed by atoms with Crippen LogP contribution in [-0.4, -0.2) is 53.3 Å².